The second kappa shape index (κ2) is 4.61. The summed E-state index contributed by atoms with van der Waals surface area (Å²) in [5.74, 6) is -0.0301. The van der Waals surface area contributed by atoms with Crippen LogP contribution in [-0.2, 0) is 22.4 Å². The lowest BCUT2D eigenvalue weighted by Crippen LogP contribution is -2.24. The molecular formula is C10H12BrNO2S. The first-order chi connectivity index (χ1) is 7.20. The van der Waals surface area contributed by atoms with Crippen LogP contribution in [0.5, 0.6) is 0 Å². The fraction of sp³-hybridized carbons (Fsp3) is 0.600. The Labute approximate surface area is 101 Å². The van der Waals surface area contributed by atoms with Crippen molar-refractivity contribution in [2.75, 3.05) is 6.61 Å². The Hall–Kier alpha value is -0.420. The predicted octanol–water partition coefficient (Wildman–Crippen LogP) is 2.57. The Balaban J connectivity index is 2.08. The molecule has 0 amide bonds. The number of halogens is 1. The van der Waals surface area contributed by atoms with Gasteiger partial charge in [-0.2, -0.15) is 0 Å². The number of carbonyl (C=O) groups excluding carboxylic acids is 1. The van der Waals surface area contributed by atoms with Crippen molar-refractivity contribution < 1.29 is 9.53 Å². The Morgan fingerprint density at radius 3 is 3.27 bits per heavy atom. The van der Waals surface area contributed by atoms with E-state index in [2.05, 4.69) is 20.9 Å². The van der Waals surface area contributed by atoms with Crippen LogP contribution in [0.25, 0.3) is 0 Å². The predicted molar refractivity (Wildman–Crippen MR) is 62.0 cm³/mol. The summed E-state index contributed by atoms with van der Waals surface area (Å²) in [6.07, 6.45) is 2.54. The zero-order valence-electron chi connectivity index (χ0n) is 8.46. The van der Waals surface area contributed by atoms with Crippen LogP contribution < -0.4 is 0 Å². The van der Waals surface area contributed by atoms with Gasteiger partial charge in [0.15, 0.2) is 3.92 Å². The van der Waals surface area contributed by atoms with Gasteiger partial charge in [0, 0.05) is 4.88 Å². The highest BCUT2D eigenvalue weighted by molar-refractivity contribution is 9.11. The number of aryl methyl sites for hydroxylation is 1. The molecule has 1 atom stereocenters. The third-order valence-corrected chi connectivity index (χ3v) is 4.10. The fourth-order valence-corrected chi connectivity index (χ4v) is 3.51. The molecule has 3 nitrogen and oxygen atoms in total. The Morgan fingerprint density at radius 2 is 2.53 bits per heavy atom. The number of hydrogen-bond donors (Lipinski definition) is 0. The molecule has 5 heteroatoms. The number of fused-ring (bicyclic) bond motifs is 1. The van der Waals surface area contributed by atoms with E-state index in [9.17, 15) is 4.79 Å². The maximum absolute atomic E-state index is 11.6. The molecule has 2 rings (SSSR count). The first-order valence-corrected chi connectivity index (χ1v) is 6.62. The molecule has 0 aromatic carbocycles. The van der Waals surface area contributed by atoms with Crippen LogP contribution in [0.1, 0.15) is 23.9 Å². The van der Waals surface area contributed by atoms with Crippen LogP contribution in [0, 0.1) is 5.92 Å². The van der Waals surface area contributed by atoms with Gasteiger partial charge < -0.3 is 4.74 Å². The maximum atomic E-state index is 11.6. The molecule has 1 heterocycles. The molecule has 0 saturated heterocycles. The van der Waals surface area contributed by atoms with Crippen LogP contribution in [0.2, 0.25) is 0 Å². The standard InChI is InChI=1S/C10H12BrNO2S/c1-2-14-9(13)6-3-4-7-8(5-6)15-10(11)12-7/h6H,2-5H2,1H3/t6-/m0/s1. The Morgan fingerprint density at radius 1 is 1.73 bits per heavy atom. The van der Waals surface area contributed by atoms with Crippen molar-refractivity contribution in [2.45, 2.75) is 26.2 Å². The molecule has 1 aromatic rings. The largest absolute Gasteiger partial charge is 0.466 e. The zero-order chi connectivity index (χ0) is 10.8. The van der Waals surface area contributed by atoms with Crippen molar-refractivity contribution in [1.29, 1.82) is 0 Å². The Bertz CT molecular complexity index is 377. The summed E-state index contributed by atoms with van der Waals surface area (Å²) in [7, 11) is 0. The van der Waals surface area contributed by atoms with E-state index in [1.807, 2.05) is 6.92 Å². The van der Waals surface area contributed by atoms with Crippen molar-refractivity contribution in [1.82, 2.24) is 4.98 Å². The summed E-state index contributed by atoms with van der Waals surface area (Å²) in [5.41, 5.74) is 1.15. The van der Waals surface area contributed by atoms with E-state index < -0.39 is 0 Å². The Kier molecular flexibility index (Phi) is 3.41. The molecule has 0 unspecified atom stereocenters. The molecule has 0 radical (unpaired) electrons. The van der Waals surface area contributed by atoms with Crippen molar-refractivity contribution >= 4 is 33.2 Å². The quantitative estimate of drug-likeness (QED) is 0.786. The summed E-state index contributed by atoms with van der Waals surface area (Å²) in [4.78, 5) is 17.2. The van der Waals surface area contributed by atoms with Crippen LogP contribution in [-0.4, -0.2) is 17.6 Å². The molecule has 82 valence electrons. The fourth-order valence-electron chi connectivity index (χ4n) is 1.80. The molecule has 0 bridgehead atoms. The summed E-state index contributed by atoms with van der Waals surface area (Å²) in [6.45, 7) is 2.31. The van der Waals surface area contributed by atoms with Gasteiger partial charge in [-0.1, -0.05) is 0 Å². The van der Waals surface area contributed by atoms with E-state index in [-0.39, 0.29) is 11.9 Å². The molecule has 0 spiro atoms. The number of carbonyl (C=O) groups is 1. The number of hydrogen-bond acceptors (Lipinski definition) is 4. The summed E-state index contributed by atoms with van der Waals surface area (Å²) in [5, 5.41) is 0. The van der Waals surface area contributed by atoms with Crippen molar-refractivity contribution in [2.24, 2.45) is 5.92 Å². The highest BCUT2D eigenvalue weighted by atomic mass is 79.9. The lowest BCUT2D eigenvalue weighted by atomic mass is 9.91. The molecule has 1 aromatic heterocycles. The highest BCUT2D eigenvalue weighted by Gasteiger charge is 2.27. The number of aromatic nitrogens is 1. The summed E-state index contributed by atoms with van der Waals surface area (Å²) in [6, 6.07) is 0. The maximum Gasteiger partial charge on any atom is 0.309 e. The second-order valence-corrected chi connectivity index (χ2v) is 5.89. The number of nitrogens with zero attached hydrogens (tertiary/aromatic N) is 1. The van der Waals surface area contributed by atoms with Gasteiger partial charge in [-0.25, -0.2) is 4.98 Å². The summed E-state index contributed by atoms with van der Waals surface area (Å²) >= 11 is 5.00. The van der Waals surface area contributed by atoms with Gasteiger partial charge in [-0.05, 0) is 42.1 Å². The number of thiazole rings is 1. The molecule has 15 heavy (non-hydrogen) atoms. The van der Waals surface area contributed by atoms with Gasteiger partial charge in [-0.15, -0.1) is 11.3 Å². The van der Waals surface area contributed by atoms with E-state index >= 15 is 0 Å². The highest BCUT2D eigenvalue weighted by Crippen LogP contribution is 2.32. The monoisotopic (exact) mass is 289 g/mol. The normalized spacial score (nSPS) is 19.7. The minimum Gasteiger partial charge on any atom is -0.466 e. The minimum atomic E-state index is -0.0623. The van der Waals surface area contributed by atoms with Gasteiger partial charge in [0.25, 0.3) is 0 Å². The van der Waals surface area contributed by atoms with E-state index in [0.717, 1.165) is 28.9 Å². The van der Waals surface area contributed by atoms with Gasteiger partial charge >= 0.3 is 5.97 Å². The smallest absolute Gasteiger partial charge is 0.309 e. The van der Waals surface area contributed by atoms with Crippen LogP contribution in [0.4, 0.5) is 0 Å². The molecule has 0 N–H and O–H groups in total. The first kappa shape index (κ1) is 11.1. The topological polar surface area (TPSA) is 39.2 Å². The van der Waals surface area contributed by atoms with E-state index in [1.165, 1.54) is 4.88 Å². The molecule has 1 aliphatic carbocycles. The van der Waals surface area contributed by atoms with E-state index in [0.29, 0.717) is 6.61 Å². The van der Waals surface area contributed by atoms with Crippen LogP contribution in [0.3, 0.4) is 0 Å². The molecular weight excluding hydrogens is 278 g/mol. The van der Waals surface area contributed by atoms with Gasteiger partial charge in [0.2, 0.25) is 0 Å². The van der Waals surface area contributed by atoms with Gasteiger partial charge in [-0.3, -0.25) is 4.79 Å². The lowest BCUT2D eigenvalue weighted by molar-refractivity contribution is -0.148. The average molecular weight is 290 g/mol. The van der Waals surface area contributed by atoms with Crippen molar-refractivity contribution in [3.8, 4) is 0 Å². The number of esters is 1. The van der Waals surface area contributed by atoms with Gasteiger partial charge in [0.05, 0.1) is 18.2 Å². The van der Waals surface area contributed by atoms with Crippen molar-refractivity contribution in [3.63, 3.8) is 0 Å². The minimum absolute atomic E-state index is 0.0322. The number of rotatable bonds is 2. The second-order valence-electron chi connectivity index (χ2n) is 3.53. The SMILES string of the molecule is CCOC(=O)[C@H]1CCc2nc(Br)sc2C1. The van der Waals surface area contributed by atoms with Crippen LogP contribution >= 0.6 is 27.3 Å². The molecule has 0 saturated carbocycles. The number of ether oxygens (including phenoxy) is 1. The van der Waals surface area contributed by atoms with E-state index in [1.54, 1.807) is 11.3 Å². The molecule has 0 fully saturated rings. The third kappa shape index (κ3) is 2.39. The molecule has 0 aliphatic heterocycles. The van der Waals surface area contributed by atoms with Crippen LogP contribution in [0.15, 0.2) is 3.92 Å². The molecule has 1 aliphatic rings. The third-order valence-electron chi connectivity index (χ3n) is 2.53. The lowest BCUT2D eigenvalue weighted by Gasteiger charge is -2.19. The van der Waals surface area contributed by atoms with Gasteiger partial charge in [0.1, 0.15) is 0 Å². The van der Waals surface area contributed by atoms with E-state index in [4.69, 9.17) is 4.74 Å². The zero-order valence-corrected chi connectivity index (χ0v) is 10.9. The summed E-state index contributed by atoms with van der Waals surface area (Å²) < 4.78 is 5.95. The first-order valence-electron chi connectivity index (χ1n) is 5.01. The van der Waals surface area contributed by atoms with Crippen molar-refractivity contribution in [3.05, 3.63) is 14.5 Å². The average Bonchev–Trinajstić information content (AvgIpc) is 2.57.